The predicted molar refractivity (Wildman–Crippen MR) is 83.3 cm³/mol. The third-order valence-electron chi connectivity index (χ3n) is 3.68. The van der Waals surface area contributed by atoms with E-state index in [4.69, 9.17) is 0 Å². The zero-order valence-corrected chi connectivity index (χ0v) is 12.1. The van der Waals surface area contributed by atoms with E-state index >= 15 is 0 Å². The van der Waals surface area contributed by atoms with Crippen molar-refractivity contribution in [3.63, 3.8) is 0 Å². The van der Waals surface area contributed by atoms with Crippen molar-refractivity contribution in [1.29, 1.82) is 0 Å². The molecule has 0 saturated carbocycles. The third kappa shape index (κ3) is 2.38. The summed E-state index contributed by atoms with van der Waals surface area (Å²) < 4.78 is 1.49. The lowest BCUT2D eigenvalue weighted by Crippen LogP contribution is -2.15. The monoisotopic (exact) mass is 276 g/mol. The molecular weight excluding hydrogens is 260 g/mol. The fourth-order valence-electron chi connectivity index (χ4n) is 2.35. The molecule has 0 radical (unpaired) electrons. The molecule has 104 valence electrons. The van der Waals surface area contributed by atoms with Crippen molar-refractivity contribution in [2.45, 2.75) is 13.8 Å². The molecule has 0 spiro atoms. The van der Waals surface area contributed by atoms with Crippen molar-refractivity contribution >= 4 is 5.91 Å². The van der Waals surface area contributed by atoms with Gasteiger partial charge in [0.25, 0.3) is 5.91 Å². The molecule has 0 saturated heterocycles. The summed E-state index contributed by atoms with van der Waals surface area (Å²) in [5, 5.41) is 4.52. The van der Waals surface area contributed by atoms with Gasteiger partial charge in [-0.1, -0.05) is 48.5 Å². The van der Waals surface area contributed by atoms with Gasteiger partial charge in [0.05, 0.1) is 5.69 Å². The topological polar surface area (TPSA) is 34.9 Å². The Morgan fingerprint density at radius 1 is 0.905 bits per heavy atom. The van der Waals surface area contributed by atoms with Gasteiger partial charge in [0, 0.05) is 16.8 Å². The van der Waals surface area contributed by atoms with Crippen LogP contribution in [-0.2, 0) is 0 Å². The second-order valence-corrected chi connectivity index (χ2v) is 5.01. The Kier molecular flexibility index (Phi) is 3.40. The molecule has 0 fully saturated rings. The van der Waals surface area contributed by atoms with E-state index in [0.29, 0.717) is 5.56 Å². The summed E-state index contributed by atoms with van der Waals surface area (Å²) in [6, 6.07) is 19.2. The summed E-state index contributed by atoms with van der Waals surface area (Å²) in [5.74, 6) is -0.0987. The van der Waals surface area contributed by atoms with E-state index in [9.17, 15) is 4.79 Å². The molecule has 0 amide bonds. The van der Waals surface area contributed by atoms with Crippen LogP contribution in [0.4, 0.5) is 0 Å². The zero-order valence-electron chi connectivity index (χ0n) is 12.1. The van der Waals surface area contributed by atoms with E-state index in [0.717, 1.165) is 22.5 Å². The molecule has 0 N–H and O–H groups in total. The normalized spacial score (nSPS) is 10.6. The molecular formula is C18H16N2O. The highest BCUT2D eigenvalue weighted by Gasteiger charge is 2.18. The summed E-state index contributed by atoms with van der Waals surface area (Å²) in [6.07, 6.45) is 0. The van der Waals surface area contributed by atoms with E-state index in [1.54, 1.807) is 12.1 Å². The highest BCUT2D eigenvalue weighted by Crippen LogP contribution is 2.24. The van der Waals surface area contributed by atoms with Crippen LogP contribution in [0.2, 0.25) is 0 Å². The van der Waals surface area contributed by atoms with Crippen LogP contribution in [0.5, 0.6) is 0 Å². The van der Waals surface area contributed by atoms with E-state index in [1.165, 1.54) is 4.68 Å². The molecule has 3 rings (SSSR count). The molecule has 21 heavy (non-hydrogen) atoms. The Morgan fingerprint density at radius 2 is 1.48 bits per heavy atom. The number of aromatic nitrogens is 2. The Labute approximate surface area is 123 Å². The fraction of sp³-hybridized carbons (Fsp3) is 0.111. The standard InChI is InChI=1S/C18H16N2O/c1-13-14(2)20(18(21)16-11-7-4-8-12-16)19-17(13)15-9-5-3-6-10-15/h3-12H,1-2H3. The van der Waals surface area contributed by atoms with Gasteiger partial charge < -0.3 is 0 Å². The summed E-state index contributed by atoms with van der Waals surface area (Å²) in [6.45, 7) is 3.93. The zero-order chi connectivity index (χ0) is 14.8. The van der Waals surface area contributed by atoms with Gasteiger partial charge in [0.15, 0.2) is 0 Å². The Hall–Kier alpha value is -2.68. The number of hydrogen-bond donors (Lipinski definition) is 0. The first kappa shape index (κ1) is 13.3. The van der Waals surface area contributed by atoms with Crippen molar-refractivity contribution in [3.05, 3.63) is 77.5 Å². The van der Waals surface area contributed by atoms with Gasteiger partial charge in [0.1, 0.15) is 0 Å². The number of nitrogens with zero attached hydrogens (tertiary/aromatic N) is 2. The van der Waals surface area contributed by atoms with Crippen LogP contribution in [0.15, 0.2) is 60.7 Å². The molecule has 0 aliphatic rings. The van der Waals surface area contributed by atoms with Crippen LogP contribution in [0.25, 0.3) is 11.3 Å². The molecule has 3 nitrogen and oxygen atoms in total. The van der Waals surface area contributed by atoms with Crippen LogP contribution < -0.4 is 0 Å². The molecule has 0 unspecified atom stereocenters. The molecule has 2 aromatic carbocycles. The maximum absolute atomic E-state index is 12.6. The van der Waals surface area contributed by atoms with Gasteiger partial charge in [-0.2, -0.15) is 5.10 Å². The van der Waals surface area contributed by atoms with Crippen molar-refractivity contribution in [2.24, 2.45) is 0 Å². The number of rotatable bonds is 2. The summed E-state index contributed by atoms with van der Waals surface area (Å²) in [7, 11) is 0. The quantitative estimate of drug-likeness (QED) is 0.712. The molecule has 0 atom stereocenters. The van der Waals surface area contributed by atoms with Crippen molar-refractivity contribution < 1.29 is 4.79 Å². The number of benzene rings is 2. The van der Waals surface area contributed by atoms with Gasteiger partial charge in [0.2, 0.25) is 0 Å². The highest BCUT2D eigenvalue weighted by atomic mass is 16.2. The minimum atomic E-state index is -0.0987. The van der Waals surface area contributed by atoms with Crippen LogP contribution in [0.1, 0.15) is 21.6 Å². The van der Waals surface area contributed by atoms with Crippen molar-refractivity contribution in [3.8, 4) is 11.3 Å². The average molecular weight is 276 g/mol. The van der Waals surface area contributed by atoms with Crippen LogP contribution >= 0.6 is 0 Å². The number of carbonyl (C=O) groups is 1. The Balaban J connectivity index is 2.08. The molecule has 1 aromatic heterocycles. The van der Waals surface area contributed by atoms with Crippen LogP contribution in [-0.4, -0.2) is 15.7 Å². The van der Waals surface area contributed by atoms with Gasteiger partial charge in [-0.3, -0.25) is 4.79 Å². The summed E-state index contributed by atoms with van der Waals surface area (Å²) in [4.78, 5) is 12.6. The minimum absolute atomic E-state index is 0.0987. The smallest absolute Gasteiger partial charge is 0.267 e. The van der Waals surface area contributed by atoms with E-state index in [1.807, 2.05) is 62.4 Å². The summed E-state index contributed by atoms with van der Waals surface area (Å²) in [5.41, 5.74) is 4.44. The molecule has 0 bridgehead atoms. The third-order valence-corrected chi connectivity index (χ3v) is 3.68. The number of carbonyl (C=O) groups excluding carboxylic acids is 1. The first-order valence-corrected chi connectivity index (χ1v) is 6.90. The van der Waals surface area contributed by atoms with E-state index in [2.05, 4.69) is 5.10 Å². The van der Waals surface area contributed by atoms with Gasteiger partial charge >= 0.3 is 0 Å². The first-order valence-electron chi connectivity index (χ1n) is 6.90. The van der Waals surface area contributed by atoms with Crippen LogP contribution in [0, 0.1) is 13.8 Å². The molecule has 0 aliphatic heterocycles. The van der Waals surface area contributed by atoms with Gasteiger partial charge in [-0.25, -0.2) is 4.68 Å². The van der Waals surface area contributed by atoms with Gasteiger partial charge in [-0.05, 0) is 31.5 Å². The molecule has 3 heteroatoms. The Morgan fingerprint density at radius 3 is 2.10 bits per heavy atom. The maximum atomic E-state index is 12.6. The first-order chi connectivity index (χ1) is 10.2. The second kappa shape index (κ2) is 5.37. The second-order valence-electron chi connectivity index (χ2n) is 5.01. The van der Waals surface area contributed by atoms with E-state index < -0.39 is 0 Å². The lowest BCUT2D eigenvalue weighted by atomic mass is 10.1. The average Bonchev–Trinajstić information content (AvgIpc) is 2.84. The largest absolute Gasteiger partial charge is 0.278 e. The number of hydrogen-bond acceptors (Lipinski definition) is 2. The molecule has 0 aliphatic carbocycles. The lowest BCUT2D eigenvalue weighted by molar-refractivity contribution is 0.0943. The van der Waals surface area contributed by atoms with Gasteiger partial charge in [-0.15, -0.1) is 0 Å². The minimum Gasteiger partial charge on any atom is -0.267 e. The Bertz CT molecular complexity index is 774. The fourth-order valence-corrected chi connectivity index (χ4v) is 2.35. The molecule has 1 heterocycles. The van der Waals surface area contributed by atoms with Crippen molar-refractivity contribution in [2.75, 3.05) is 0 Å². The van der Waals surface area contributed by atoms with Crippen LogP contribution in [0.3, 0.4) is 0 Å². The highest BCUT2D eigenvalue weighted by molar-refractivity contribution is 5.96. The van der Waals surface area contributed by atoms with Crippen molar-refractivity contribution in [1.82, 2.24) is 9.78 Å². The predicted octanol–water partition coefficient (Wildman–Crippen LogP) is 3.86. The van der Waals surface area contributed by atoms with E-state index in [-0.39, 0.29) is 5.91 Å². The molecule has 3 aromatic rings. The maximum Gasteiger partial charge on any atom is 0.278 e. The summed E-state index contributed by atoms with van der Waals surface area (Å²) >= 11 is 0. The SMILES string of the molecule is Cc1c(-c2ccccc2)nn(C(=O)c2ccccc2)c1C. The lowest BCUT2D eigenvalue weighted by Gasteiger charge is -2.02.